The maximum atomic E-state index is 6.18. The number of rotatable bonds is 3. The number of hydrogen-bond acceptors (Lipinski definition) is 1. The summed E-state index contributed by atoms with van der Waals surface area (Å²) in [5.41, 5.74) is 9.58. The van der Waals surface area contributed by atoms with Crippen LogP contribution in [0.25, 0.3) is 11.1 Å². The van der Waals surface area contributed by atoms with E-state index in [-0.39, 0.29) is 0 Å². The van der Waals surface area contributed by atoms with E-state index in [0.29, 0.717) is 5.92 Å². The molecule has 1 fully saturated rings. The second-order valence-corrected chi connectivity index (χ2v) is 5.78. The lowest BCUT2D eigenvalue weighted by molar-refractivity contribution is 0.437. The van der Waals surface area contributed by atoms with Crippen molar-refractivity contribution >= 4 is 11.5 Å². The molecule has 0 aliphatic heterocycles. The van der Waals surface area contributed by atoms with Crippen molar-refractivity contribution in [3.8, 4) is 11.1 Å². The largest absolute Gasteiger partial charge is 0.387 e. The molecule has 0 amide bonds. The number of nitrogens with zero attached hydrogens (tertiary/aromatic N) is 1. The first-order valence-corrected chi connectivity index (χ1v) is 7.82. The van der Waals surface area contributed by atoms with E-state index < -0.39 is 0 Å². The molecule has 3 rings (SSSR count). The highest BCUT2D eigenvalue weighted by Crippen LogP contribution is 2.26. The van der Waals surface area contributed by atoms with Gasteiger partial charge in [-0.05, 0) is 36.1 Å². The normalized spacial score (nSPS) is 16.9. The van der Waals surface area contributed by atoms with Crippen molar-refractivity contribution in [1.82, 2.24) is 0 Å². The van der Waals surface area contributed by atoms with Gasteiger partial charge >= 0.3 is 0 Å². The maximum absolute atomic E-state index is 6.18. The second kappa shape index (κ2) is 6.57. The molecule has 0 heterocycles. The first-order chi connectivity index (χ1) is 10.3. The second-order valence-electron chi connectivity index (χ2n) is 5.78. The van der Waals surface area contributed by atoms with Gasteiger partial charge in [-0.3, -0.25) is 0 Å². The molecule has 2 heteroatoms. The summed E-state index contributed by atoms with van der Waals surface area (Å²) in [7, 11) is 0. The number of nitrogens with two attached hydrogens (primary N) is 1. The van der Waals surface area contributed by atoms with Crippen LogP contribution in [0.2, 0.25) is 0 Å². The summed E-state index contributed by atoms with van der Waals surface area (Å²) in [6.45, 7) is 0. The third kappa shape index (κ3) is 3.52. The van der Waals surface area contributed by atoms with Crippen LogP contribution in [0.15, 0.2) is 59.6 Å². The molecule has 2 N–H and O–H groups in total. The number of benzene rings is 2. The highest BCUT2D eigenvalue weighted by Gasteiger charge is 2.16. The summed E-state index contributed by atoms with van der Waals surface area (Å²) in [4.78, 5) is 4.61. The standard InChI is InChI=1S/C19H22N2/c20-19(17-9-5-2-6-10-17)21-18-13-11-16(12-14-18)15-7-3-1-4-8-15/h1,3-4,7-8,11-14,17H,2,5-6,9-10H2,(H2,20,21). The van der Waals surface area contributed by atoms with Crippen molar-refractivity contribution in [2.24, 2.45) is 16.6 Å². The van der Waals surface area contributed by atoms with Crippen molar-refractivity contribution in [3.05, 3.63) is 54.6 Å². The van der Waals surface area contributed by atoms with Gasteiger partial charge in [0.1, 0.15) is 5.84 Å². The van der Waals surface area contributed by atoms with Gasteiger partial charge in [-0.15, -0.1) is 0 Å². The van der Waals surface area contributed by atoms with Crippen LogP contribution in [-0.2, 0) is 0 Å². The van der Waals surface area contributed by atoms with Crippen LogP contribution in [-0.4, -0.2) is 5.84 Å². The third-order valence-electron chi connectivity index (χ3n) is 4.26. The van der Waals surface area contributed by atoms with Crippen LogP contribution < -0.4 is 5.73 Å². The summed E-state index contributed by atoms with van der Waals surface area (Å²) < 4.78 is 0. The molecular weight excluding hydrogens is 256 g/mol. The van der Waals surface area contributed by atoms with Crippen LogP contribution in [0, 0.1) is 5.92 Å². The van der Waals surface area contributed by atoms with Gasteiger partial charge in [-0.2, -0.15) is 0 Å². The lowest BCUT2D eigenvalue weighted by atomic mass is 9.88. The van der Waals surface area contributed by atoms with Crippen molar-refractivity contribution < 1.29 is 0 Å². The SMILES string of the molecule is NC(=Nc1ccc(-c2ccccc2)cc1)C1CCCCC1. The zero-order chi connectivity index (χ0) is 14.5. The fourth-order valence-electron chi connectivity index (χ4n) is 3.00. The Morgan fingerprint density at radius 2 is 1.43 bits per heavy atom. The van der Waals surface area contributed by atoms with Gasteiger partial charge in [0, 0.05) is 5.92 Å². The Hall–Kier alpha value is -2.09. The predicted molar refractivity (Wildman–Crippen MR) is 89.7 cm³/mol. The minimum atomic E-state index is 0.479. The summed E-state index contributed by atoms with van der Waals surface area (Å²) in [5, 5.41) is 0. The molecule has 2 nitrogen and oxygen atoms in total. The van der Waals surface area contributed by atoms with Gasteiger partial charge in [0.15, 0.2) is 0 Å². The molecule has 0 bridgehead atoms. The van der Waals surface area contributed by atoms with E-state index in [0.717, 1.165) is 11.5 Å². The first-order valence-electron chi connectivity index (χ1n) is 7.82. The highest BCUT2D eigenvalue weighted by atomic mass is 14.9. The van der Waals surface area contributed by atoms with E-state index >= 15 is 0 Å². The third-order valence-corrected chi connectivity index (χ3v) is 4.26. The Morgan fingerprint density at radius 1 is 0.810 bits per heavy atom. The van der Waals surface area contributed by atoms with Crippen LogP contribution in [0.1, 0.15) is 32.1 Å². The minimum absolute atomic E-state index is 0.479. The average molecular weight is 278 g/mol. The molecule has 21 heavy (non-hydrogen) atoms. The van der Waals surface area contributed by atoms with Crippen molar-refractivity contribution in [2.45, 2.75) is 32.1 Å². The summed E-state index contributed by atoms with van der Waals surface area (Å²) in [5.74, 6) is 1.29. The molecule has 2 aromatic rings. The van der Waals surface area contributed by atoms with Crippen LogP contribution in [0.3, 0.4) is 0 Å². The Labute approximate surface area is 126 Å². The van der Waals surface area contributed by atoms with E-state index in [1.165, 1.54) is 43.2 Å². The smallest absolute Gasteiger partial charge is 0.103 e. The van der Waals surface area contributed by atoms with Gasteiger partial charge in [-0.1, -0.05) is 61.7 Å². The van der Waals surface area contributed by atoms with Gasteiger partial charge < -0.3 is 5.73 Å². The van der Waals surface area contributed by atoms with Crippen molar-refractivity contribution in [2.75, 3.05) is 0 Å². The molecule has 0 spiro atoms. The van der Waals surface area contributed by atoms with Crippen LogP contribution in [0.5, 0.6) is 0 Å². The summed E-state index contributed by atoms with van der Waals surface area (Å²) >= 11 is 0. The molecule has 1 aliphatic carbocycles. The van der Waals surface area contributed by atoms with Crippen LogP contribution in [0.4, 0.5) is 5.69 Å². The molecule has 1 saturated carbocycles. The predicted octanol–water partition coefficient (Wildman–Crippen LogP) is 4.92. The Bertz CT molecular complexity index is 593. The topological polar surface area (TPSA) is 38.4 Å². The summed E-state index contributed by atoms with van der Waals surface area (Å²) in [6.07, 6.45) is 6.30. The fraction of sp³-hybridized carbons (Fsp3) is 0.316. The van der Waals surface area contributed by atoms with Crippen molar-refractivity contribution in [1.29, 1.82) is 0 Å². The van der Waals surface area contributed by atoms with E-state index in [2.05, 4.69) is 53.5 Å². The zero-order valence-corrected chi connectivity index (χ0v) is 12.3. The molecule has 0 aromatic heterocycles. The van der Waals surface area contributed by atoms with Crippen LogP contribution >= 0.6 is 0 Å². The zero-order valence-electron chi connectivity index (χ0n) is 12.3. The molecule has 0 unspecified atom stereocenters. The average Bonchev–Trinajstić information content (AvgIpc) is 2.57. The molecule has 2 aromatic carbocycles. The molecule has 1 aliphatic rings. The van der Waals surface area contributed by atoms with E-state index in [1.807, 2.05) is 6.07 Å². The van der Waals surface area contributed by atoms with Gasteiger partial charge in [0.25, 0.3) is 0 Å². The monoisotopic (exact) mass is 278 g/mol. The maximum Gasteiger partial charge on any atom is 0.103 e. The van der Waals surface area contributed by atoms with Gasteiger partial charge in [0.05, 0.1) is 5.69 Å². The molecule has 0 saturated heterocycles. The molecular formula is C19H22N2. The minimum Gasteiger partial charge on any atom is -0.387 e. The Kier molecular flexibility index (Phi) is 4.34. The fourth-order valence-corrected chi connectivity index (χ4v) is 3.00. The number of hydrogen-bond donors (Lipinski definition) is 1. The lowest BCUT2D eigenvalue weighted by Gasteiger charge is -2.20. The lowest BCUT2D eigenvalue weighted by Crippen LogP contribution is -2.25. The Balaban J connectivity index is 1.75. The molecule has 0 atom stereocenters. The molecule has 0 radical (unpaired) electrons. The highest BCUT2D eigenvalue weighted by molar-refractivity contribution is 5.85. The quantitative estimate of drug-likeness (QED) is 0.628. The van der Waals surface area contributed by atoms with Gasteiger partial charge in [0.2, 0.25) is 0 Å². The van der Waals surface area contributed by atoms with E-state index in [4.69, 9.17) is 5.73 Å². The van der Waals surface area contributed by atoms with Gasteiger partial charge in [-0.25, -0.2) is 4.99 Å². The summed E-state index contributed by atoms with van der Waals surface area (Å²) in [6, 6.07) is 18.7. The number of amidine groups is 1. The first kappa shape index (κ1) is 13.9. The molecule has 108 valence electrons. The number of aliphatic imine (C=N–C) groups is 1. The Morgan fingerprint density at radius 3 is 2.10 bits per heavy atom. The van der Waals surface area contributed by atoms with Crippen molar-refractivity contribution in [3.63, 3.8) is 0 Å². The van der Waals surface area contributed by atoms with E-state index in [9.17, 15) is 0 Å². The van der Waals surface area contributed by atoms with E-state index in [1.54, 1.807) is 0 Å².